The maximum atomic E-state index is 4.93. The number of benzene rings is 4. The Labute approximate surface area is 392 Å². The summed E-state index contributed by atoms with van der Waals surface area (Å²) >= 11 is -0.826. The van der Waals surface area contributed by atoms with Crippen LogP contribution >= 0.6 is 17.0 Å². The molecular formula is C52H76Cl2Si5Zr. The number of halogens is 2. The molecule has 2 radical (unpaired) electrons. The van der Waals surface area contributed by atoms with Crippen molar-refractivity contribution in [2.75, 3.05) is 0 Å². The predicted octanol–water partition coefficient (Wildman–Crippen LogP) is 15.3. The van der Waals surface area contributed by atoms with Gasteiger partial charge in [-0.05, 0) is 37.8 Å². The van der Waals surface area contributed by atoms with E-state index in [4.69, 9.17) is 17.0 Å². The Bertz CT molecular complexity index is 2080. The molecule has 0 nitrogen and oxygen atoms in total. The van der Waals surface area contributed by atoms with Gasteiger partial charge in [-0.2, -0.15) is 12.1 Å². The third-order valence-corrected chi connectivity index (χ3v) is 19.4. The van der Waals surface area contributed by atoms with Crippen LogP contribution in [0.15, 0.2) is 84.9 Å². The predicted molar refractivity (Wildman–Crippen MR) is 289 cm³/mol. The van der Waals surface area contributed by atoms with Gasteiger partial charge >= 0.3 is 37.9 Å². The van der Waals surface area contributed by atoms with Crippen LogP contribution in [0, 0.1) is 13.8 Å². The minimum atomic E-state index is -1.38. The average molecular weight is 1000 g/mol. The second-order valence-electron chi connectivity index (χ2n) is 20.9. The second-order valence-corrected chi connectivity index (χ2v) is 46.0. The number of aryl methyl sites for hydroxylation is 4. The third-order valence-electron chi connectivity index (χ3n) is 11.3. The monoisotopic (exact) mass is 1000 g/mol. The molecule has 0 bridgehead atoms. The second kappa shape index (κ2) is 22.5. The molecule has 0 amide bonds. The topological polar surface area (TPSA) is 0 Å². The van der Waals surface area contributed by atoms with Crippen molar-refractivity contribution in [3.8, 4) is 22.3 Å². The molecule has 0 aliphatic carbocycles. The van der Waals surface area contributed by atoms with E-state index in [0.717, 1.165) is 9.52 Å². The molecule has 322 valence electrons. The average Bonchev–Trinajstić information content (AvgIpc) is 3.74. The zero-order chi connectivity index (χ0) is 45.4. The molecule has 0 N–H and O–H groups in total. The Morgan fingerprint density at radius 3 is 0.983 bits per heavy atom. The van der Waals surface area contributed by atoms with E-state index in [9.17, 15) is 0 Å². The molecule has 0 saturated carbocycles. The van der Waals surface area contributed by atoms with Crippen molar-refractivity contribution in [3.05, 3.63) is 107 Å². The fourth-order valence-corrected chi connectivity index (χ4v) is 12.8. The Kier molecular flexibility index (Phi) is 19.9. The molecule has 6 aromatic carbocycles. The fraction of sp³-hybridized carbons (Fsp3) is 0.423. The van der Waals surface area contributed by atoms with Gasteiger partial charge in [-0.15, -0.1) is 69.1 Å². The summed E-state index contributed by atoms with van der Waals surface area (Å²) in [6, 6.07) is 34.0. The molecule has 0 aromatic heterocycles. The minimum absolute atomic E-state index is 0.826. The Balaban J connectivity index is 0.000000283. The quantitative estimate of drug-likeness (QED) is 0.0948. The molecule has 0 aliphatic heterocycles. The Hall–Kier alpha value is -1.35. The first-order valence-corrected chi connectivity index (χ1v) is 44.4. The zero-order valence-electron chi connectivity index (χ0n) is 40.7. The van der Waals surface area contributed by atoms with Crippen LogP contribution in [0.5, 0.6) is 0 Å². The molecule has 0 unspecified atom stereocenters. The van der Waals surface area contributed by atoms with E-state index in [1.165, 1.54) is 91.7 Å². The first-order chi connectivity index (χ1) is 27.8. The standard InChI is InChI=1S/2C25H35Si2.C2H6Si.2ClH.Zr/c2*1-9-10-19-13-20-12-11-18(2)25(24(20)14-19)21-15-22(26(3,4)5)17-23(16-21)27(6,7)8;1-3-2;;;/h2*11-17H,9-10H2,1-8H3;1-2H3;2*1H;/q2*-1;;;;+4/p-2. The summed E-state index contributed by atoms with van der Waals surface area (Å²) in [6.45, 7) is 43.0. The Morgan fingerprint density at radius 1 is 0.483 bits per heavy atom. The molecule has 8 heteroatoms. The summed E-state index contributed by atoms with van der Waals surface area (Å²) < 4.78 is 0. The summed E-state index contributed by atoms with van der Waals surface area (Å²) in [5.74, 6) is 0. The third kappa shape index (κ3) is 14.3. The van der Waals surface area contributed by atoms with Gasteiger partial charge in [0.05, 0.1) is 32.3 Å². The molecule has 0 aliphatic rings. The van der Waals surface area contributed by atoms with Gasteiger partial charge in [0, 0.05) is 9.52 Å². The van der Waals surface area contributed by atoms with Gasteiger partial charge in [-0.25, -0.2) is 0 Å². The van der Waals surface area contributed by atoms with E-state index in [0.29, 0.717) is 0 Å². The summed E-state index contributed by atoms with van der Waals surface area (Å²) in [5, 5.41) is 12.0. The SMILES string of the molecule is CCCc1cc2c(-c3cc([Si](C)(C)C)cc([Si](C)(C)C)c3)c(C)ccc2[cH-]1.CCCc1cc2c(-c3cc([Si](C)(C)C)cc([Si](C)(C)C)c3)c(C)ccc2[cH-]1.C[Si]C.[Cl][Zr+2][Cl]. The van der Waals surface area contributed by atoms with Crippen LogP contribution in [0.1, 0.15) is 48.9 Å². The van der Waals surface area contributed by atoms with Gasteiger partial charge in [0.2, 0.25) is 0 Å². The van der Waals surface area contributed by atoms with E-state index in [2.05, 4.69) is 204 Å². The van der Waals surface area contributed by atoms with Crippen LogP contribution in [0.2, 0.25) is 91.7 Å². The van der Waals surface area contributed by atoms with E-state index in [1.54, 1.807) is 20.7 Å². The fourth-order valence-electron chi connectivity index (χ4n) is 7.81. The van der Waals surface area contributed by atoms with Crippen LogP contribution in [0.25, 0.3) is 43.8 Å². The van der Waals surface area contributed by atoms with E-state index < -0.39 is 53.1 Å². The molecule has 0 heterocycles. The van der Waals surface area contributed by atoms with Crippen LogP contribution in [0.3, 0.4) is 0 Å². The van der Waals surface area contributed by atoms with E-state index >= 15 is 0 Å². The molecular weight excluding hydrogens is 927 g/mol. The number of rotatable bonds is 10. The molecule has 6 rings (SSSR count). The van der Waals surface area contributed by atoms with E-state index in [-0.39, 0.29) is 0 Å². The molecule has 0 saturated heterocycles. The van der Waals surface area contributed by atoms with Crippen molar-refractivity contribution in [3.63, 3.8) is 0 Å². The Morgan fingerprint density at radius 2 is 0.750 bits per heavy atom. The van der Waals surface area contributed by atoms with Crippen molar-refractivity contribution in [2.24, 2.45) is 0 Å². The molecule has 0 atom stereocenters. The first-order valence-electron chi connectivity index (χ1n) is 22.1. The van der Waals surface area contributed by atoms with Crippen LogP contribution < -0.4 is 20.7 Å². The van der Waals surface area contributed by atoms with Crippen molar-refractivity contribution in [1.29, 1.82) is 0 Å². The van der Waals surface area contributed by atoms with Gasteiger partial charge in [0.15, 0.2) is 0 Å². The van der Waals surface area contributed by atoms with Crippen LogP contribution in [0.4, 0.5) is 0 Å². The summed E-state index contributed by atoms with van der Waals surface area (Å²) in [6.07, 6.45) is 4.75. The van der Waals surface area contributed by atoms with Crippen LogP contribution in [-0.4, -0.2) is 41.8 Å². The van der Waals surface area contributed by atoms with Gasteiger partial charge in [-0.1, -0.05) is 198 Å². The van der Waals surface area contributed by atoms with Crippen LogP contribution in [-0.2, 0) is 33.7 Å². The van der Waals surface area contributed by atoms with Gasteiger partial charge in [-0.3, -0.25) is 0 Å². The normalized spacial score (nSPS) is 11.9. The number of hydrogen-bond donors (Lipinski definition) is 0. The summed E-state index contributed by atoms with van der Waals surface area (Å²) in [7, 11) is 5.44. The van der Waals surface area contributed by atoms with Crippen molar-refractivity contribution in [1.82, 2.24) is 0 Å². The van der Waals surface area contributed by atoms with E-state index in [1.807, 2.05) is 0 Å². The zero-order valence-corrected chi connectivity index (χ0v) is 49.6. The number of hydrogen-bond acceptors (Lipinski definition) is 0. The maximum absolute atomic E-state index is 4.93. The summed E-state index contributed by atoms with van der Waals surface area (Å²) in [5.41, 5.74) is 11.5. The van der Waals surface area contributed by atoms with Gasteiger partial charge in [0.25, 0.3) is 0 Å². The molecule has 0 spiro atoms. The van der Waals surface area contributed by atoms with Crippen molar-refractivity contribution < 1.29 is 20.8 Å². The first kappa shape index (κ1) is 53.0. The summed E-state index contributed by atoms with van der Waals surface area (Å²) in [4.78, 5) is 0. The van der Waals surface area contributed by atoms with Gasteiger partial charge < -0.3 is 0 Å². The molecule has 0 fully saturated rings. The van der Waals surface area contributed by atoms with Crippen molar-refractivity contribution >= 4 is 101 Å². The van der Waals surface area contributed by atoms with Gasteiger partial charge in [0.1, 0.15) is 0 Å². The molecule has 6 aromatic rings. The number of fused-ring (bicyclic) bond motifs is 2. The van der Waals surface area contributed by atoms with Crippen molar-refractivity contribution in [2.45, 2.75) is 145 Å². The molecule has 60 heavy (non-hydrogen) atoms.